The van der Waals surface area contributed by atoms with Gasteiger partial charge in [0, 0.05) is 42.0 Å². The number of nitrogens with one attached hydrogen (secondary N) is 2. The number of fused-ring (bicyclic) bond motifs is 2. The summed E-state index contributed by atoms with van der Waals surface area (Å²) in [5.74, 6) is 1.01. The van der Waals surface area contributed by atoms with Crippen LogP contribution in [0.3, 0.4) is 0 Å². The van der Waals surface area contributed by atoms with Crippen LogP contribution in [0.1, 0.15) is 19.8 Å². The first-order chi connectivity index (χ1) is 13.0. The van der Waals surface area contributed by atoms with Crippen molar-refractivity contribution in [3.63, 3.8) is 0 Å². The Morgan fingerprint density at radius 3 is 2.96 bits per heavy atom. The van der Waals surface area contributed by atoms with Crippen LogP contribution >= 0.6 is 0 Å². The van der Waals surface area contributed by atoms with Crippen molar-refractivity contribution < 1.29 is 9.84 Å². The lowest BCUT2D eigenvalue weighted by atomic mass is 9.77. The Morgan fingerprint density at radius 2 is 2.19 bits per heavy atom. The SMILES string of the molecule is COc1nc(NC2CC(C)(O)C2)nc2[nH]cc(-c3ccc4nccn4c3)c12. The van der Waals surface area contributed by atoms with Crippen LogP contribution < -0.4 is 10.1 Å². The standard InChI is InChI=1S/C19H20N6O2/c1-19(26)7-12(8-19)22-18-23-16-15(17(24-18)27-2)13(9-21-16)11-3-4-14-20-5-6-25(14)10-11/h3-6,9-10,12,26H,7-8H2,1-2H3,(H2,21,22,23,24). The maximum Gasteiger partial charge on any atom is 0.228 e. The molecule has 138 valence electrons. The molecule has 0 aliphatic heterocycles. The van der Waals surface area contributed by atoms with Crippen molar-refractivity contribution in [2.45, 2.75) is 31.4 Å². The van der Waals surface area contributed by atoms with Crippen molar-refractivity contribution in [1.82, 2.24) is 24.3 Å². The second kappa shape index (κ2) is 5.68. The zero-order valence-corrected chi connectivity index (χ0v) is 15.1. The van der Waals surface area contributed by atoms with Gasteiger partial charge < -0.3 is 24.5 Å². The zero-order chi connectivity index (χ0) is 18.6. The van der Waals surface area contributed by atoms with Crippen LogP contribution in [-0.2, 0) is 0 Å². The summed E-state index contributed by atoms with van der Waals surface area (Å²) in [4.78, 5) is 16.6. The first-order valence-corrected chi connectivity index (χ1v) is 8.87. The van der Waals surface area contributed by atoms with E-state index in [4.69, 9.17) is 4.74 Å². The molecular formula is C19H20N6O2. The van der Waals surface area contributed by atoms with Gasteiger partial charge in [-0.2, -0.15) is 9.97 Å². The van der Waals surface area contributed by atoms with Crippen molar-refractivity contribution in [3.8, 4) is 17.0 Å². The fourth-order valence-corrected chi connectivity index (χ4v) is 3.81. The van der Waals surface area contributed by atoms with Crippen molar-refractivity contribution in [3.05, 3.63) is 36.9 Å². The number of pyridine rings is 1. The number of rotatable bonds is 4. The third-order valence-electron chi connectivity index (χ3n) is 5.10. The van der Waals surface area contributed by atoms with E-state index in [1.165, 1.54) is 0 Å². The number of nitrogens with zero attached hydrogens (tertiary/aromatic N) is 4. The molecular weight excluding hydrogens is 344 g/mol. The van der Waals surface area contributed by atoms with Crippen LogP contribution in [0.4, 0.5) is 5.95 Å². The summed E-state index contributed by atoms with van der Waals surface area (Å²) >= 11 is 0. The summed E-state index contributed by atoms with van der Waals surface area (Å²) < 4.78 is 7.53. The average Bonchev–Trinajstić information content (AvgIpc) is 3.25. The van der Waals surface area contributed by atoms with Crippen LogP contribution in [0.15, 0.2) is 36.9 Å². The first kappa shape index (κ1) is 16.1. The van der Waals surface area contributed by atoms with Gasteiger partial charge in [0.05, 0.1) is 18.1 Å². The van der Waals surface area contributed by atoms with Crippen LogP contribution in [0.5, 0.6) is 5.88 Å². The first-order valence-electron chi connectivity index (χ1n) is 8.87. The Hall–Kier alpha value is -3.13. The molecule has 0 saturated heterocycles. The van der Waals surface area contributed by atoms with Crippen molar-refractivity contribution in [2.24, 2.45) is 0 Å². The normalized spacial score (nSPS) is 22.1. The van der Waals surface area contributed by atoms with Crippen molar-refractivity contribution in [2.75, 3.05) is 12.4 Å². The Labute approximate surface area is 155 Å². The number of hydrogen-bond acceptors (Lipinski definition) is 6. The summed E-state index contributed by atoms with van der Waals surface area (Å²) in [6.45, 7) is 1.84. The second-order valence-corrected chi connectivity index (χ2v) is 7.34. The molecule has 8 nitrogen and oxygen atoms in total. The van der Waals surface area contributed by atoms with E-state index < -0.39 is 5.60 Å². The van der Waals surface area contributed by atoms with E-state index in [2.05, 4.69) is 25.3 Å². The molecule has 4 aromatic rings. The third kappa shape index (κ3) is 2.69. The van der Waals surface area contributed by atoms with Gasteiger partial charge in [0.2, 0.25) is 11.8 Å². The van der Waals surface area contributed by atoms with Gasteiger partial charge in [0.25, 0.3) is 0 Å². The molecule has 1 aliphatic carbocycles. The van der Waals surface area contributed by atoms with E-state index in [0.29, 0.717) is 30.3 Å². The number of imidazole rings is 1. The summed E-state index contributed by atoms with van der Waals surface area (Å²) in [7, 11) is 1.61. The summed E-state index contributed by atoms with van der Waals surface area (Å²) in [5.41, 5.74) is 2.98. The number of aliphatic hydroxyl groups is 1. The molecule has 0 atom stereocenters. The zero-order valence-electron chi connectivity index (χ0n) is 15.1. The molecule has 1 aliphatic rings. The highest BCUT2D eigenvalue weighted by molar-refractivity contribution is 5.97. The molecule has 27 heavy (non-hydrogen) atoms. The molecule has 0 aromatic carbocycles. The van der Waals surface area contributed by atoms with Gasteiger partial charge in [-0.15, -0.1) is 0 Å². The van der Waals surface area contributed by atoms with Crippen LogP contribution in [-0.4, -0.2) is 48.2 Å². The fourth-order valence-electron chi connectivity index (χ4n) is 3.81. The van der Waals surface area contributed by atoms with Gasteiger partial charge in [-0.05, 0) is 31.9 Å². The smallest absolute Gasteiger partial charge is 0.228 e. The number of methoxy groups -OCH3 is 1. The minimum Gasteiger partial charge on any atom is -0.480 e. The Balaban J connectivity index is 1.55. The summed E-state index contributed by atoms with van der Waals surface area (Å²) in [6.07, 6.45) is 8.98. The number of aromatic nitrogens is 5. The number of hydrogen-bond donors (Lipinski definition) is 3. The minimum atomic E-state index is -0.600. The van der Waals surface area contributed by atoms with Gasteiger partial charge in [-0.1, -0.05) is 0 Å². The Bertz CT molecular complexity index is 1140. The molecule has 0 bridgehead atoms. The minimum absolute atomic E-state index is 0.167. The highest BCUT2D eigenvalue weighted by Crippen LogP contribution is 2.36. The maximum atomic E-state index is 9.91. The molecule has 8 heteroatoms. The number of aromatic amines is 1. The van der Waals surface area contributed by atoms with Gasteiger partial charge in [0.15, 0.2) is 0 Å². The highest BCUT2D eigenvalue weighted by atomic mass is 16.5. The number of ether oxygens (including phenoxy) is 1. The quantitative estimate of drug-likeness (QED) is 0.515. The molecule has 3 N–H and O–H groups in total. The number of H-pyrrole nitrogens is 1. The lowest BCUT2D eigenvalue weighted by molar-refractivity contribution is -0.0236. The highest BCUT2D eigenvalue weighted by Gasteiger charge is 2.38. The molecule has 1 fully saturated rings. The van der Waals surface area contributed by atoms with Crippen molar-refractivity contribution >= 4 is 22.6 Å². The molecule has 0 radical (unpaired) electrons. The van der Waals surface area contributed by atoms with Gasteiger partial charge in [-0.25, -0.2) is 4.98 Å². The number of anilines is 1. The van der Waals surface area contributed by atoms with E-state index in [1.54, 1.807) is 13.3 Å². The van der Waals surface area contributed by atoms with E-state index in [-0.39, 0.29) is 6.04 Å². The topological polar surface area (TPSA) is 100 Å². The lowest BCUT2D eigenvalue weighted by Crippen LogP contribution is -2.48. The van der Waals surface area contributed by atoms with Gasteiger partial charge >= 0.3 is 0 Å². The summed E-state index contributed by atoms with van der Waals surface area (Å²) in [5, 5.41) is 14.0. The second-order valence-electron chi connectivity index (χ2n) is 7.34. The van der Waals surface area contributed by atoms with Crippen LogP contribution in [0.2, 0.25) is 0 Å². The Morgan fingerprint density at radius 1 is 1.33 bits per heavy atom. The predicted molar refractivity (Wildman–Crippen MR) is 102 cm³/mol. The van der Waals surface area contributed by atoms with E-state index in [9.17, 15) is 5.11 Å². The molecule has 4 aromatic heterocycles. The molecule has 1 saturated carbocycles. The molecule has 4 heterocycles. The Kier molecular flexibility index (Phi) is 3.38. The van der Waals surface area contributed by atoms with E-state index in [0.717, 1.165) is 22.2 Å². The molecule has 0 spiro atoms. The largest absolute Gasteiger partial charge is 0.480 e. The monoisotopic (exact) mass is 364 g/mol. The van der Waals surface area contributed by atoms with Crippen LogP contribution in [0.25, 0.3) is 27.8 Å². The lowest BCUT2D eigenvalue weighted by Gasteiger charge is -2.41. The molecule has 5 rings (SSSR count). The van der Waals surface area contributed by atoms with Gasteiger partial charge in [0.1, 0.15) is 11.3 Å². The fraction of sp³-hybridized carbons (Fsp3) is 0.316. The predicted octanol–water partition coefficient (Wildman–Crippen LogP) is 2.61. The van der Waals surface area contributed by atoms with Crippen LogP contribution in [0, 0.1) is 0 Å². The van der Waals surface area contributed by atoms with E-state index >= 15 is 0 Å². The average molecular weight is 364 g/mol. The molecule has 0 amide bonds. The molecule has 0 unspecified atom stereocenters. The van der Waals surface area contributed by atoms with Gasteiger partial charge in [-0.3, -0.25) is 0 Å². The van der Waals surface area contributed by atoms with E-state index in [1.807, 2.05) is 42.0 Å². The maximum absolute atomic E-state index is 9.91. The third-order valence-corrected chi connectivity index (χ3v) is 5.10. The summed E-state index contributed by atoms with van der Waals surface area (Å²) in [6, 6.07) is 4.16. The van der Waals surface area contributed by atoms with Crippen molar-refractivity contribution in [1.29, 1.82) is 0 Å².